The lowest BCUT2D eigenvalue weighted by Crippen LogP contribution is -2.38. The fourth-order valence-electron chi connectivity index (χ4n) is 1.70. The Morgan fingerprint density at radius 3 is 2.47 bits per heavy atom. The molecule has 5 nitrogen and oxygen atoms in total. The van der Waals surface area contributed by atoms with E-state index in [1.807, 2.05) is 24.3 Å². The van der Waals surface area contributed by atoms with E-state index < -0.39 is 21.0 Å². The van der Waals surface area contributed by atoms with Crippen LogP contribution in [0.2, 0.25) is 0 Å². The van der Waals surface area contributed by atoms with Crippen molar-refractivity contribution in [2.75, 3.05) is 13.3 Å². The molecule has 0 heterocycles. The predicted octanol–water partition coefficient (Wildman–Crippen LogP) is 0.537. The van der Waals surface area contributed by atoms with E-state index in [1.165, 1.54) is 11.8 Å². The van der Waals surface area contributed by atoms with E-state index >= 15 is 0 Å². The van der Waals surface area contributed by atoms with Crippen LogP contribution in [-0.2, 0) is 27.7 Å². The Bertz CT molecular complexity index is 555. The second-order valence-electron chi connectivity index (χ2n) is 4.69. The third-order valence-electron chi connectivity index (χ3n) is 3.01. The number of rotatable bonds is 5. The maximum absolute atomic E-state index is 12.0. The smallest absolute Gasteiger partial charge is 0.240 e. The Morgan fingerprint density at radius 1 is 1.37 bits per heavy atom. The van der Waals surface area contributed by atoms with Gasteiger partial charge in [0.25, 0.3) is 0 Å². The van der Waals surface area contributed by atoms with Gasteiger partial charge in [-0.3, -0.25) is 4.79 Å². The SMILES string of the molecule is CC(C(=O)N(C)Cc1cccc(CN)c1)S(C)(=O)=O. The number of hydrogen-bond acceptors (Lipinski definition) is 4. The van der Waals surface area contributed by atoms with Crippen molar-refractivity contribution < 1.29 is 13.2 Å². The Labute approximate surface area is 114 Å². The standard InChI is InChI=1S/C13H20N2O3S/c1-10(19(3,17)18)13(16)15(2)9-12-6-4-5-11(7-12)8-14/h4-7,10H,8-9,14H2,1-3H3. The van der Waals surface area contributed by atoms with Gasteiger partial charge in [0.1, 0.15) is 5.25 Å². The maximum Gasteiger partial charge on any atom is 0.240 e. The zero-order valence-electron chi connectivity index (χ0n) is 11.5. The first-order chi connectivity index (χ1) is 8.75. The second kappa shape index (κ2) is 6.16. The molecule has 1 amide bonds. The molecule has 106 valence electrons. The van der Waals surface area contributed by atoms with Gasteiger partial charge in [0.2, 0.25) is 5.91 Å². The number of hydrogen-bond donors (Lipinski definition) is 1. The van der Waals surface area contributed by atoms with Crippen LogP contribution in [0.3, 0.4) is 0 Å². The van der Waals surface area contributed by atoms with E-state index in [-0.39, 0.29) is 0 Å². The lowest BCUT2D eigenvalue weighted by atomic mass is 10.1. The van der Waals surface area contributed by atoms with Gasteiger partial charge in [0, 0.05) is 26.4 Å². The number of carbonyl (C=O) groups excluding carboxylic acids is 1. The Kier molecular flexibility index (Phi) is 5.08. The van der Waals surface area contributed by atoms with Crippen LogP contribution in [0, 0.1) is 0 Å². The molecular weight excluding hydrogens is 264 g/mol. The highest BCUT2D eigenvalue weighted by molar-refractivity contribution is 7.92. The van der Waals surface area contributed by atoms with E-state index in [0.717, 1.165) is 17.4 Å². The van der Waals surface area contributed by atoms with Crippen LogP contribution in [0.4, 0.5) is 0 Å². The van der Waals surface area contributed by atoms with Crippen molar-refractivity contribution in [2.24, 2.45) is 5.73 Å². The summed E-state index contributed by atoms with van der Waals surface area (Å²) >= 11 is 0. The highest BCUT2D eigenvalue weighted by atomic mass is 32.2. The summed E-state index contributed by atoms with van der Waals surface area (Å²) < 4.78 is 22.7. The van der Waals surface area contributed by atoms with Crippen molar-refractivity contribution in [3.63, 3.8) is 0 Å². The highest BCUT2D eigenvalue weighted by Gasteiger charge is 2.26. The fourth-order valence-corrected chi connectivity index (χ4v) is 2.25. The van der Waals surface area contributed by atoms with Crippen LogP contribution in [0.25, 0.3) is 0 Å². The molecule has 0 spiro atoms. The lowest BCUT2D eigenvalue weighted by molar-refractivity contribution is -0.129. The molecule has 6 heteroatoms. The molecule has 2 N–H and O–H groups in total. The first kappa shape index (κ1) is 15.7. The normalized spacial score (nSPS) is 13.1. The number of benzene rings is 1. The summed E-state index contributed by atoms with van der Waals surface area (Å²) in [5.41, 5.74) is 7.47. The van der Waals surface area contributed by atoms with Gasteiger partial charge < -0.3 is 10.6 Å². The molecular formula is C13H20N2O3S. The zero-order valence-corrected chi connectivity index (χ0v) is 12.3. The minimum absolute atomic E-state index is 0.368. The van der Waals surface area contributed by atoms with Crippen molar-refractivity contribution in [3.8, 4) is 0 Å². The summed E-state index contributed by atoms with van der Waals surface area (Å²) in [4.78, 5) is 13.4. The van der Waals surface area contributed by atoms with Gasteiger partial charge in [-0.15, -0.1) is 0 Å². The van der Waals surface area contributed by atoms with Gasteiger partial charge in [0.05, 0.1) is 0 Å². The van der Waals surface area contributed by atoms with Crippen molar-refractivity contribution in [3.05, 3.63) is 35.4 Å². The average molecular weight is 284 g/mol. The number of carbonyl (C=O) groups is 1. The van der Waals surface area contributed by atoms with Gasteiger partial charge >= 0.3 is 0 Å². The van der Waals surface area contributed by atoms with Crippen LogP contribution in [0.5, 0.6) is 0 Å². The largest absolute Gasteiger partial charge is 0.340 e. The summed E-state index contributed by atoms with van der Waals surface area (Å²) in [6.07, 6.45) is 1.07. The van der Waals surface area contributed by atoms with E-state index in [1.54, 1.807) is 7.05 Å². The third-order valence-corrected chi connectivity index (χ3v) is 4.50. The monoisotopic (exact) mass is 284 g/mol. The summed E-state index contributed by atoms with van der Waals surface area (Å²) in [6, 6.07) is 7.57. The molecule has 1 aromatic rings. The molecule has 19 heavy (non-hydrogen) atoms. The minimum atomic E-state index is -3.36. The Morgan fingerprint density at radius 2 is 1.95 bits per heavy atom. The molecule has 0 aliphatic heterocycles. The number of sulfone groups is 1. The van der Waals surface area contributed by atoms with Gasteiger partial charge in [-0.1, -0.05) is 24.3 Å². The summed E-state index contributed by atoms with van der Waals surface area (Å²) in [6.45, 7) is 2.21. The van der Waals surface area contributed by atoms with Crippen LogP contribution >= 0.6 is 0 Å². The maximum atomic E-state index is 12.0. The molecule has 0 saturated carbocycles. The van der Waals surface area contributed by atoms with Gasteiger partial charge in [-0.2, -0.15) is 0 Å². The van der Waals surface area contributed by atoms with Gasteiger partial charge in [-0.25, -0.2) is 8.42 Å². The molecule has 0 radical (unpaired) electrons. The predicted molar refractivity (Wildman–Crippen MR) is 75.1 cm³/mol. The van der Waals surface area contributed by atoms with Gasteiger partial charge in [0.15, 0.2) is 9.84 Å². The first-order valence-electron chi connectivity index (χ1n) is 5.97. The molecule has 0 bridgehead atoms. The third kappa shape index (κ3) is 4.33. The van der Waals surface area contributed by atoms with E-state index in [0.29, 0.717) is 13.1 Å². The number of nitrogens with two attached hydrogens (primary N) is 1. The van der Waals surface area contributed by atoms with Gasteiger partial charge in [-0.05, 0) is 18.1 Å². The molecule has 1 atom stereocenters. The van der Waals surface area contributed by atoms with Crippen LogP contribution in [0.15, 0.2) is 24.3 Å². The Balaban J connectivity index is 2.79. The van der Waals surface area contributed by atoms with Crippen LogP contribution < -0.4 is 5.73 Å². The number of amides is 1. The lowest BCUT2D eigenvalue weighted by Gasteiger charge is -2.20. The minimum Gasteiger partial charge on any atom is -0.340 e. The van der Waals surface area contributed by atoms with E-state index in [9.17, 15) is 13.2 Å². The molecule has 0 fully saturated rings. The summed E-state index contributed by atoms with van der Waals surface area (Å²) in [5, 5.41) is -1.02. The van der Waals surface area contributed by atoms with Crippen molar-refractivity contribution in [2.45, 2.75) is 25.3 Å². The average Bonchev–Trinajstić information content (AvgIpc) is 2.36. The van der Waals surface area contributed by atoms with Crippen LogP contribution in [-0.4, -0.2) is 37.8 Å². The molecule has 1 rings (SSSR count). The molecule has 0 aromatic heterocycles. The molecule has 0 aliphatic carbocycles. The van der Waals surface area contributed by atoms with Crippen molar-refractivity contribution in [1.82, 2.24) is 4.90 Å². The van der Waals surface area contributed by atoms with Crippen molar-refractivity contribution >= 4 is 15.7 Å². The topological polar surface area (TPSA) is 80.5 Å². The summed E-state index contributed by atoms with van der Waals surface area (Å²) in [5.74, 6) is -0.402. The Hall–Kier alpha value is -1.40. The van der Waals surface area contributed by atoms with Crippen LogP contribution in [0.1, 0.15) is 18.1 Å². The zero-order chi connectivity index (χ0) is 14.6. The first-order valence-corrected chi connectivity index (χ1v) is 7.93. The van der Waals surface area contributed by atoms with Crippen molar-refractivity contribution in [1.29, 1.82) is 0 Å². The number of nitrogens with zero attached hydrogens (tertiary/aromatic N) is 1. The fraction of sp³-hybridized carbons (Fsp3) is 0.462. The molecule has 1 aromatic carbocycles. The molecule has 0 aliphatic rings. The molecule has 0 saturated heterocycles. The second-order valence-corrected chi connectivity index (χ2v) is 7.06. The summed E-state index contributed by atoms with van der Waals surface area (Å²) in [7, 11) is -1.77. The van der Waals surface area contributed by atoms with E-state index in [4.69, 9.17) is 5.73 Å². The molecule has 1 unspecified atom stereocenters. The highest BCUT2D eigenvalue weighted by Crippen LogP contribution is 2.10. The quantitative estimate of drug-likeness (QED) is 0.855. The van der Waals surface area contributed by atoms with E-state index in [2.05, 4.69) is 0 Å².